The van der Waals surface area contributed by atoms with Crippen LogP contribution in [-0.4, -0.2) is 16.6 Å². The van der Waals surface area contributed by atoms with Gasteiger partial charge in [-0.1, -0.05) is 31.9 Å². The summed E-state index contributed by atoms with van der Waals surface area (Å²) in [6, 6.07) is 3.25. The van der Waals surface area contributed by atoms with Crippen molar-refractivity contribution in [2.45, 2.75) is 32.9 Å². The zero-order valence-corrected chi connectivity index (χ0v) is 12.6. The van der Waals surface area contributed by atoms with Gasteiger partial charge in [-0.3, -0.25) is 4.79 Å². The van der Waals surface area contributed by atoms with Gasteiger partial charge in [-0.15, -0.1) is 0 Å². The van der Waals surface area contributed by atoms with E-state index in [2.05, 4.69) is 13.8 Å². The Bertz CT molecular complexity index is 432. The number of aromatic hydroxyl groups is 1. The quantitative estimate of drug-likeness (QED) is 0.781. The zero-order chi connectivity index (χ0) is 13.7. The molecule has 1 aromatic rings. The lowest BCUT2D eigenvalue weighted by molar-refractivity contribution is 0.101. The molecule has 18 heavy (non-hydrogen) atoms. The lowest BCUT2D eigenvalue weighted by Crippen LogP contribution is -1.98. The molecule has 1 atom stereocenters. The van der Waals surface area contributed by atoms with Crippen molar-refractivity contribution < 1.29 is 9.90 Å². The van der Waals surface area contributed by atoms with E-state index in [1.807, 2.05) is 0 Å². The van der Waals surface area contributed by atoms with Crippen molar-refractivity contribution in [3.8, 4) is 5.75 Å². The van der Waals surface area contributed by atoms with E-state index in [0.717, 1.165) is 17.7 Å². The minimum absolute atomic E-state index is 0.0727. The molecule has 1 rings (SSSR count). The fraction of sp³-hybridized carbons (Fsp3) is 0.500. The van der Waals surface area contributed by atoms with Gasteiger partial charge in [0.15, 0.2) is 5.78 Å². The van der Waals surface area contributed by atoms with Gasteiger partial charge >= 0.3 is 0 Å². The molecule has 0 aliphatic rings. The van der Waals surface area contributed by atoms with Crippen LogP contribution in [-0.2, 0) is 5.75 Å². The summed E-state index contributed by atoms with van der Waals surface area (Å²) in [6.07, 6.45) is 1.15. The molecule has 2 nitrogen and oxygen atoms in total. The lowest BCUT2D eigenvalue weighted by atomic mass is 10.1. The van der Waals surface area contributed by atoms with Crippen molar-refractivity contribution in [2.24, 2.45) is 5.92 Å². The van der Waals surface area contributed by atoms with E-state index in [1.54, 1.807) is 17.8 Å². The van der Waals surface area contributed by atoms with Gasteiger partial charge in [0, 0.05) is 16.3 Å². The van der Waals surface area contributed by atoms with E-state index >= 15 is 0 Å². The van der Waals surface area contributed by atoms with Gasteiger partial charge in [0.05, 0.1) is 5.56 Å². The monoisotopic (exact) mass is 286 g/mol. The van der Waals surface area contributed by atoms with E-state index in [4.69, 9.17) is 11.6 Å². The fourth-order valence-electron chi connectivity index (χ4n) is 1.52. The Morgan fingerprint density at radius 2 is 2.17 bits per heavy atom. The maximum absolute atomic E-state index is 11.4. The second kappa shape index (κ2) is 7.05. The summed E-state index contributed by atoms with van der Waals surface area (Å²) in [5.41, 5.74) is 1.04. The number of phenols is 1. The number of hydrogen-bond donors (Lipinski definition) is 1. The molecule has 0 saturated heterocycles. The lowest BCUT2D eigenvalue weighted by Gasteiger charge is -2.11. The van der Waals surface area contributed by atoms with Crippen LogP contribution in [0.2, 0.25) is 5.02 Å². The third-order valence-electron chi connectivity index (χ3n) is 2.89. The number of halogens is 1. The summed E-state index contributed by atoms with van der Waals surface area (Å²) in [7, 11) is 0. The van der Waals surface area contributed by atoms with E-state index < -0.39 is 0 Å². The fourth-order valence-corrected chi connectivity index (χ4v) is 2.96. The SMILES string of the molecule is CCC(C)CSCc1cc(Cl)cc(C(C)=O)c1O. The normalized spacial score (nSPS) is 12.4. The Balaban J connectivity index is 2.79. The second-order valence-corrected chi connectivity index (χ2v) is 6.01. The Labute approximate surface area is 118 Å². The number of phenolic OH excluding ortho intramolecular Hbond substituents is 1. The number of thioether (sulfide) groups is 1. The largest absolute Gasteiger partial charge is 0.507 e. The smallest absolute Gasteiger partial charge is 0.163 e. The van der Waals surface area contributed by atoms with E-state index in [1.165, 1.54) is 13.0 Å². The van der Waals surface area contributed by atoms with Crippen LogP contribution >= 0.6 is 23.4 Å². The first-order valence-electron chi connectivity index (χ1n) is 6.05. The van der Waals surface area contributed by atoms with Crippen molar-refractivity contribution in [1.82, 2.24) is 0 Å². The maximum Gasteiger partial charge on any atom is 0.163 e. The third-order valence-corrected chi connectivity index (χ3v) is 4.43. The summed E-state index contributed by atoms with van der Waals surface area (Å²) < 4.78 is 0. The highest BCUT2D eigenvalue weighted by Crippen LogP contribution is 2.31. The molecule has 0 spiro atoms. The summed E-state index contributed by atoms with van der Waals surface area (Å²) in [5, 5.41) is 10.5. The van der Waals surface area contributed by atoms with E-state index in [0.29, 0.717) is 22.3 Å². The number of ketones is 1. The molecule has 0 aliphatic heterocycles. The predicted octanol–water partition coefficient (Wildman–Crippen LogP) is 4.53. The van der Waals surface area contributed by atoms with Gasteiger partial charge in [-0.05, 0) is 30.7 Å². The first kappa shape index (κ1) is 15.4. The van der Waals surface area contributed by atoms with Gasteiger partial charge in [0.25, 0.3) is 0 Å². The molecule has 1 unspecified atom stereocenters. The topological polar surface area (TPSA) is 37.3 Å². The number of rotatable bonds is 6. The second-order valence-electron chi connectivity index (χ2n) is 4.55. The van der Waals surface area contributed by atoms with Crippen LogP contribution in [0.3, 0.4) is 0 Å². The van der Waals surface area contributed by atoms with Gasteiger partial charge in [-0.25, -0.2) is 0 Å². The Morgan fingerprint density at radius 1 is 1.50 bits per heavy atom. The molecule has 1 aromatic carbocycles. The standard InChI is InChI=1S/C14H19ClO2S/c1-4-9(2)7-18-8-11-5-12(15)6-13(10(3)16)14(11)17/h5-6,9,17H,4,7-8H2,1-3H3. The first-order valence-corrected chi connectivity index (χ1v) is 7.59. The number of benzene rings is 1. The van der Waals surface area contributed by atoms with Crippen LogP contribution in [0.1, 0.15) is 43.1 Å². The van der Waals surface area contributed by atoms with E-state index in [-0.39, 0.29) is 11.5 Å². The molecule has 0 radical (unpaired) electrons. The van der Waals surface area contributed by atoms with Crippen molar-refractivity contribution in [2.75, 3.05) is 5.75 Å². The van der Waals surface area contributed by atoms with E-state index in [9.17, 15) is 9.90 Å². The van der Waals surface area contributed by atoms with Gasteiger partial charge in [0.2, 0.25) is 0 Å². The Hall–Kier alpha value is -0.670. The van der Waals surface area contributed by atoms with Crippen molar-refractivity contribution in [3.05, 3.63) is 28.3 Å². The number of carbonyl (C=O) groups excluding carboxylic acids is 1. The molecule has 0 heterocycles. The third kappa shape index (κ3) is 4.21. The molecular formula is C14H19ClO2S. The average molecular weight is 287 g/mol. The van der Waals surface area contributed by atoms with Crippen LogP contribution < -0.4 is 0 Å². The highest BCUT2D eigenvalue weighted by Gasteiger charge is 2.13. The van der Waals surface area contributed by atoms with Crippen LogP contribution in [0, 0.1) is 5.92 Å². The Morgan fingerprint density at radius 3 is 2.72 bits per heavy atom. The summed E-state index contributed by atoms with van der Waals surface area (Å²) in [5.74, 6) is 2.28. The first-order chi connectivity index (χ1) is 8.45. The highest BCUT2D eigenvalue weighted by molar-refractivity contribution is 7.98. The molecule has 0 bridgehead atoms. The van der Waals surface area contributed by atoms with Crippen molar-refractivity contribution >= 4 is 29.1 Å². The van der Waals surface area contributed by atoms with Crippen molar-refractivity contribution in [3.63, 3.8) is 0 Å². The molecule has 0 amide bonds. The zero-order valence-electron chi connectivity index (χ0n) is 11.0. The predicted molar refractivity (Wildman–Crippen MR) is 78.7 cm³/mol. The molecule has 0 saturated carbocycles. The minimum Gasteiger partial charge on any atom is -0.507 e. The molecule has 0 aromatic heterocycles. The maximum atomic E-state index is 11.4. The molecule has 4 heteroatoms. The highest BCUT2D eigenvalue weighted by atomic mass is 35.5. The van der Waals surface area contributed by atoms with Crippen LogP contribution in [0.15, 0.2) is 12.1 Å². The molecule has 100 valence electrons. The summed E-state index contributed by atoms with van der Waals surface area (Å²) in [6.45, 7) is 5.79. The summed E-state index contributed by atoms with van der Waals surface area (Å²) >= 11 is 7.71. The molecule has 0 aliphatic carbocycles. The number of Topliss-reactive ketones (excluding diaryl/α,β-unsaturated/α-hetero) is 1. The number of hydrogen-bond acceptors (Lipinski definition) is 3. The molecular weight excluding hydrogens is 268 g/mol. The van der Waals surface area contributed by atoms with Crippen LogP contribution in [0.5, 0.6) is 5.75 Å². The van der Waals surface area contributed by atoms with Gasteiger partial charge in [0.1, 0.15) is 5.75 Å². The molecule has 0 fully saturated rings. The summed E-state index contributed by atoms with van der Waals surface area (Å²) in [4.78, 5) is 11.4. The van der Waals surface area contributed by atoms with Gasteiger partial charge in [-0.2, -0.15) is 11.8 Å². The van der Waals surface area contributed by atoms with Crippen molar-refractivity contribution in [1.29, 1.82) is 0 Å². The molecule has 1 N–H and O–H groups in total. The minimum atomic E-state index is -0.164. The average Bonchev–Trinajstić information content (AvgIpc) is 2.32. The number of carbonyl (C=O) groups is 1. The van der Waals surface area contributed by atoms with Gasteiger partial charge < -0.3 is 5.11 Å². The van der Waals surface area contributed by atoms with Crippen LogP contribution in [0.25, 0.3) is 0 Å². The van der Waals surface area contributed by atoms with Crippen LogP contribution in [0.4, 0.5) is 0 Å². The Kier molecular flexibility index (Phi) is 6.03.